The van der Waals surface area contributed by atoms with Crippen molar-refractivity contribution in [3.05, 3.63) is 37.0 Å². The molecule has 0 aromatic carbocycles. The molecule has 3 nitrogen and oxygen atoms in total. The molecule has 0 radical (unpaired) electrons. The Hall–Kier alpha value is -1.20. The summed E-state index contributed by atoms with van der Waals surface area (Å²) in [7, 11) is 0. The first-order valence-electron chi connectivity index (χ1n) is 9.17. The Bertz CT molecular complexity index is 685. The molecule has 2 heterocycles. The molecule has 2 aliphatic carbocycles. The van der Waals surface area contributed by atoms with Gasteiger partial charge in [0.05, 0.1) is 15.6 Å². The van der Waals surface area contributed by atoms with Gasteiger partial charge in [0.1, 0.15) is 0 Å². The van der Waals surface area contributed by atoms with Crippen LogP contribution in [0.5, 0.6) is 0 Å². The van der Waals surface area contributed by atoms with E-state index in [-0.39, 0.29) is 5.91 Å². The molecule has 5 heteroatoms. The van der Waals surface area contributed by atoms with E-state index in [1.165, 1.54) is 64.5 Å². The zero-order valence-electron chi connectivity index (χ0n) is 14.0. The number of fused-ring (bicyclic) bond motifs is 2. The van der Waals surface area contributed by atoms with Crippen molar-refractivity contribution in [3.8, 4) is 0 Å². The first kappa shape index (κ1) is 16.3. The van der Waals surface area contributed by atoms with Crippen LogP contribution in [0.25, 0.3) is 0 Å². The third-order valence-corrected chi connectivity index (χ3v) is 7.44. The summed E-state index contributed by atoms with van der Waals surface area (Å²) < 4.78 is 0. The topological polar surface area (TPSA) is 42.0 Å². The highest BCUT2D eigenvalue weighted by Crippen LogP contribution is 2.29. The van der Waals surface area contributed by atoms with E-state index in [4.69, 9.17) is 4.98 Å². The predicted octanol–water partition coefficient (Wildman–Crippen LogP) is 4.32. The molecule has 0 bridgehead atoms. The molecule has 128 valence electrons. The molecule has 0 unspecified atom stereocenters. The molecule has 0 atom stereocenters. The van der Waals surface area contributed by atoms with E-state index in [1.54, 1.807) is 11.3 Å². The third-order valence-electron chi connectivity index (χ3n) is 4.98. The van der Waals surface area contributed by atoms with Gasteiger partial charge in [-0.2, -0.15) is 0 Å². The summed E-state index contributed by atoms with van der Waals surface area (Å²) in [6, 6.07) is 2.13. The minimum absolute atomic E-state index is 0.0920. The molecular formula is C19H24N2OS2. The van der Waals surface area contributed by atoms with E-state index in [1.807, 2.05) is 11.3 Å². The van der Waals surface area contributed by atoms with Crippen molar-refractivity contribution in [1.29, 1.82) is 0 Å². The van der Waals surface area contributed by atoms with Crippen LogP contribution in [0.4, 0.5) is 0 Å². The lowest BCUT2D eigenvalue weighted by Gasteiger charge is -2.06. The van der Waals surface area contributed by atoms with Crippen LogP contribution < -0.4 is 5.32 Å². The number of carbonyl (C=O) groups is 1. The number of amides is 1. The summed E-state index contributed by atoms with van der Waals surface area (Å²) in [4.78, 5) is 21.0. The minimum atomic E-state index is 0.0920. The predicted molar refractivity (Wildman–Crippen MR) is 100 cm³/mol. The second kappa shape index (κ2) is 7.36. The zero-order chi connectivity index (χ0) is 16.4. The Kier molecular flexibility index (Phi) is 4.99. The van der Waals surface area contributed by atoms with Gasteiger partial charge >= 0.3 is 0 Å². The van der Waals surface area contributed by atoms with E-state index in [2.05, 4.69) is 11.4 Å². The monoisotopic (exact) mass is 360 g/mol. The molecule has 2 aromatic heterocycles. The van der Waals surface area contributed by atoms with Crippen molar-refractivity contribution in [2.75, 3.05) is 6.54 Å². The normalized spacial score (nSPS) is 17.0. The smallest absolute Gasteiger partial charge is 0.261 e. The molecule has 0 saturated carbocycles. The highest BCUT2D eigenvalue weighted by Gasteiger charge is 2.17. The lowest BCUT2D eigenvalue weighted by Crippen LogP contribution is -2.24. The van der Waals surface area contributed by atoms with Crippen LogP contribution in [-0.4, -0.2) is 17.4 Å². The molecule has 0 saturated heterocycles. The Balaban J connectivity index is 1.32. The Labute approximate surface area is 151 Å². The number of carbonyl (C=O) groups excluding carboxylic acids is 1. The van der Waals surface area contributed by atoms with Gasteiger partial charge in [-0.05, 0) is 63.0 Å². The van der Waals surface area contributed by atoms with Crippen molar-refractivity contribution in [1.82, 2.24) is 10.3 Å². The van der Waals surface area contributed by atoms with E-state index in [0.717, 1.165) is 30.6 Å². The van der Waals surface area contributed by atoms with Crippen molar-refractivity contribution in [2.24, 2.45) is 0 Å². The first-order chi connectivity index (χ1) is 11.8. The maximum absolute atomic E-state index is 12.4. The van der Waals surface area contributed by atoms with Crippen LogP contribution in [0.2, 0.25) is 0 Å². The van der Waals surface area contributed by atoms with Gasteiger partial charge < -0.3 is 5.32 Å². The number of hydrogen-bond donors (Lipinski definition) is 1. The van der Waals surface area contributed by atoms with E-state index in [9.17, 15) is 4.79 Å². The summed E-state index contributed by atoms with van der Waals surface area (Å²) in [5.74, 6) is 0.0920. The quantitative estimate of drug-likeness (QED) is 0.825. The fourth-order valence-corrected chi connectivity index (χ4v) is 5.99. The van der Waals surface area contributed by atoms with Crippen molar-refractivity contribution in [2.45, 2.75) is 64.2 Å². The molecule has 0 spiro atoms. The SMILES string of the molecule is O=C(NCCc1nc2c(s1)CCCC2)c1cc2c(s1)CCCCC2. The standard InChI is InChI=1S/C19H24N2OS2/c22-19(17-12-13-6-2-1-3-8-15(13)23-17)20-11-10-18-21-14-7-4-5-9-16(14)24-18/h12H,1-11H2,(H,20,22). The molecular weight excluding hydrogens is 336 g/mol. The second-order valence-electron chi connectivity index (χ2n) is 6.81. The summed E-state index contributed by atoms with van der Waals surface area (Å²) in [5.41, 5.74) is 2.73. The lowest BCUT2D eigenvalue weighted by atomic mass is 10.0. The number of nitrogens with zero attached hydrogens (tertiary/aromatic N) is 1. The van der Waals surface area contributed by atoms with Crippen molar-refractivity contribution >= 4 is 28.6 Å². The van der Waals surface area contributed by atoms with Crippen LogP contribution in [-0.2, 0) is 32.1 Å². The molecule has 0 aliphatic heterocycles. The molecule has 24 heavy (non-hydrogen) atoms. The van der Waals surface area contributed by atoms with Crippen LogP contribution in [0.15, 0.2) is 6.07 Å². The van der Waals surface area contributed by atoms with Crippen molar-refractivity contribution in [3.63, 3.8) is 0 Å². The van der Waals surface area contributed by atoms with Gasteiger partial charge in [0.15, 0.2) is 0 Å². The molecule has 0 fully saturated rings. The number of rotatable bonds is 4. The number of thiazole rings is 1. The zero-order valence-corrected chi connectivity index (χ0v) is 15.7. The summed E-state index contributed by atoms with van der Waals surface area (Å²) in [6.07, 6.45) is 11.9. The molecule has 2 aromatic rings. The van der Waals surface area contributed by atoms with Crippen LogP contribution in [0, 0.1) is 0 Å². The minimum Gasteiger partial charge on any atom is -0.351 e. The number of aromatic nitrogens is 1. The van der Waals surface area contributed by atoms with E-state index < -0.39 is 0 Å². The highest BCUT2D eigenvalue weighted by atomic mass is 32.1. The molecule has 1 N–H and O–H groups in total. The number of nitrogens with one attached hydrogen (secondary N) is 1. The van der Waals surface area contributed by atoms with Gasteiger partial charge in [-0.15, -0.1) is 22.7 Å². The Morgan fingerprint density at radius 2 is 1.79 bits per heavy atom. The van der Waals surface area contributed by atoms with Crippen LogP contribution in [0.3, 0.4) is 0 Å². The largest absolute Gasteiger partial charge is 0.351 e. The fourth-order valence-electron chi connectivity index (χ4n) is 3.66. The highest BCUT2D eigenvalue weighted by molar-refractivity contribution is 7.14. The number of hydrogen-bond acceptors (Lipinski definition) is 4. The van der Waals surface area contributed by atoms with Gasteiger partial charge in [-0.3, -0.25) is 4.79 Å². The molecule has 4 rings (SSSR count). The third kappa shape index (κ3) is 3.57. The van der Waals surface area contributed by atoms with E-state index >= 15 is 0 Å². The summed E-state index contributed by atoms with van der Waals surface area (Å²) in [5, 5.41) is 4.28. The van der Waals surface area contributed by atoms with Crippen molar-refractivity contribution < 1.29 is 4.79 Å². The molecule has 2 aliphatic rings. The summed E-state index contributed by atoms with van der Waals surface area (Å²) in [6.45, 7) is 0.688. The Morgan fingerprint density at radius 1 is 1.00 bits per heavy atom. The van der Waals surface area contributed by atoms with Gasteiger partial charge in [0.25, 0.3) is 5.91 Å². The first-order valence-corrected chi connectivity index (χ1v) is 10.8. The maximum Gasteiger partial charge on any atom is 0.261 e. The fraction of sp³-hybridized carbons (Fsp3) is 0.579. The van der Waals surface area contributed by atoms with Gasteiger partial charge in [-0.1, -0.05) is 6.42 Å². The lowest BCUT2D eigenvalue weighted by molar-refractivity contribution is 0.0958. The van der Waals surface area contributed by atoms with Gasteiger partial charge in [0, 0.05) is 22.7 Å². The average Bonchev–Trinajstić information content (AvgIpc) is 3.12. The van der Waals surface area contributed by atoms with Crippen LogP contribution >= 0.6 is 22.7 Å². The van der Waals surface area contributed by atoms with Gasteiger partial charge in [0.2, 0.25) is 0 Å². The van der Waals surface area contributed by atoms with Gasteiger partial charge in [-0.25, -0.2) is 4.98 Å². The molecule has 1 amide bonds. The van der Waals surface area contributed by atoms with Crippen LogP contribution in [0.1, 0.15) is 67.8 Å². The maximum atomic E-state index is 12.4. The second-order valence-corrected chi connectivity index (χ2v) is 9.12. The number of thiophene rings is 1. The van der Waals surface area contributed by atoms with E-state index in [0.29, 0.717) is 6.54 Å². The number of aryl methyl sites for hydroxylation is 4. The Morgan fingerprint density at radius 3 is 2.71 bits per heavy atom. The summed E-state index contributed by atoms with van der Waals surface area (Å²) >= 11 is 3.55. The average molecular weight is 361 g/mol.